The Labute approximate surface area is 231 Å². The highest BCUT2D eigenvalue weighted by molar-refractivity contribution is 6.76. The molecule has 2 aromatic carbocycles. The minimum absolute atomic E-state index is 0.00651. The fraction of sp³-hybridized carbons (Fsp3) is 0.414. The molecule has 0 aliphatic heterocycles. The number of benzene rings is 2. The first-order valence-electron chi connectivity index (χ1n) is 12.7. The lowest BCUT2D eigenvalue weighted by atomic mass is 9.86. The van der Waals surface area contributed by atoms with E-state index in [4.69, 9.17) is 9.47 Å². The van der Waals surface area contributed by atoms with Gasteiger partial charge in [-0.3, -0.25) is 4.98 Å². The highest BCUT2D eigenvalue weighted by atomic mass is 28.3. The fourth-order valence-corrected chi connectivity index (χ4v) is 4.94. The molecule has 0 unspecified atom stereocenters. The van der Waals surface area contributed by atoms with E-state index in [-0.39, 0.29) is 12.2 Å². The van der Waals surface area contributed by atoms with E-state index >= 15 is 0 Å². The maximum atomic E-state index is 14.4. The van der Waals surface area contributed by atoms with Gasteiger partial charge in [-0.05, 0) is 71.5 Å². The van der Waals surface area contributed by atoms with E-state index in [1.54, 1.807) is 48.8 Å². The molecule has 11 heteroatoms. The van der Waals surface area contributed by atoms with Crippen molar-refractivity contribution in [2.45, 2.75) is 56.5 Å². The van der Waals surface area contributed by atoms with Gasteiger partial charge in [-0.15, -0.1) is 0 Å². The Balaban J connectivity index is 2.07. The van der Waals surface area contributed by atoms with Crippen LogP contribution in [0.5, 0.6) is 5.75 Å². The van der Waals surface area contributed by atoms with Gasteiger partial charge in [0.2, 0.25) is 0 Å². The van der Waals surface area contributed by atoms with Gasteiger partial charge in [0.25, 0.3) is 5.60 Å². The van der Waals surface area contributed by atoms with Gasteiger partial charge >= 0.3 is 12.4 Å². The van der Waals surface area contributed by atoms with Gasteiger partial charge in [0, 0.05) is 32.6 Å². The van der Waals surface area contributed by atoms with Crippen molar-refractivity contribution in [3.05, 3.63) is 83.7 Å². The molecule has 0 bridgehead atoms. The van der Waals surface area contributed by atoms with Gasteiger partial charge in [0.1, 0.15) is 12.5 Å². The first-order valence-corrected chi connectivity index (χ1v) is 16.4. The molecular formula is C29H33F6NO3Si. The average Bonchev–Trinajstić information content (AvgIpc) is 2.88. The van der Waals surface area contributed by atoms with Crippen LogP contribution >= 0.6 is 0 Å². The summed E-state index contributed by atoms with van der Waals surface area (Å²) in [6, 6.07) is 13.6. The third-order valence-electron chi connectivity index (χ3n) is 6.50. The molecule has 0 spiro atoms. The molecule has 0 aliphatic rings. The topological polar surface area (TPSA) is 40.6 Å². The van der Waals surface area contributed by atoms with Crippen LogP contribution in [0.4, 0.5) is 26.3 Å². The van der Waals surface area contributed by atoms with Crippen molar-refractivity contribution in [3.8, 4) is 16.9 Å². The predicted molar refractivity (Wildman–Crippen MR) is 144 cm³/mol. The summed E-state index contributed by atoms with van der Waals surface area (Å²) in [4.78, 5) is 3.97. The van der Waals surface area contributed by atoms with Crippen LogP contribution in [0, 0.1) is 0 Å². The third kappa shape index (κ3) is 7.64. The molecule has 3 aromatic rings. The average molecular weight is 586 g/mol. The summed E-state index contributed by atoms with van der Waals surface area (Å²) in [6.45, 7) is 4.90. The molecule has 0 atom stereocenters. The summed E-state index contributed by atoms with van der Waals surface area (Å²) in [6.07, 6.45) is -7.51. The van der Waals surface area contributed by atoms with Crippen molar-refractivity contribution >= 4 is 8.07 Å². The van der Waals surface area contributed by atoms with E-state index in [0.29, 0.717) is 35.8 Å². The molecule has 1 aromatic heterocycles. The first kappa shape index (κ1) is 31.6. The van der Waals surface area contributed by atoms with E-state index in [1.807, 2.05) is 19.6 Å². The van der Waals surface area contributed by atoms with Crippen LogP contribution in [0.2, 0.25) is 25.7 Å². The van der Waals surface area contributed by atoms with Gasteiger partial charge in [0.05, 0.1) is 7.11 Å². The lowest BCUT2D eigenvalue weighted by Gasteiger charge is -2.37. The highest BCUT2D eigenvalue weighted by Gasteiger charge is 2.73. The molecule has 0 fully saturated rings. The van der Waals surface area contributed by atoms with Gasteiger partial charge in [-0.25, -0.2) is 0 Å². The molecule has 0 aliphatic carbocycles. The Morgan fingerprint density at radius 3 is 1.98 bits per heavy atom. The number of alkyl halides is 6. The van der Waals surface area contributed by atoms with E-state index in [2.05, 4.69) is 9.72 Å². The van der Waals surface area contributed by atoms with Gasteiger partial charge in [0.15, 0.2) is 0 Å². The summed E-state index contributed by atoms with van der Waals surface area (Å²) < 4.78 is 102. The summed E-state index contributed by atoms with van der Waals surface area (Å²) in [5.74, 6) is 0.497. The number of hydrogen-bond acceptors (Lipinski definition) is 4. The van der Waals surface area contributed by atoms with Crippen molar-refractivity contribution < 1.29 is 40.6 Å². The van der Waals surface area contributed by atoms with Crippen LogP contribution in [0.25, 0.3) is 11.1 Å². The summed E-state index contributed by atoms with van der Waals surface area (Å²) in [7, 11) is -0.160. The Kier molecular flexibility index (Phi) is 10.1. The van der Waals surface area contributed by atoms with Gasteiger partial charge in [-0.2, -0.15) is 26.3 Å². The number of halogens is 6. The van der Waals surface area contributed by atoms with Crippen molar-refractivity contribution in [2.24, 2.45) is 0 Å². The monoisotopic (exact) mass is 585 g/mol. The number of aromatic nitrogens is 1. The molecule has 218 valence electrons. The molecule has 0 saturated carbocycles. The second-order valence-corrected chi connectivity index (χ2v) is 16.2. The molecule has 0 saturated heterocycles. The second-order valence-electron chi connectivity index (χ2n) is 10.6. The molecule has 1 heterocycles. The lowest BCUT2D eigenvalue weighted by molar-refractivity contribution is -0.401. The zero-order chi connectivity index (χ0) is 29.6. The van der Waals surface area contributed by atoms with E-state index in [9.17, 15) is 26.3 Å². The maximum Gasteiger partial charge on any atom is 0.430 e. The van der Waals surface area contributed by atoms with Crippen LogP contribution < -0.4 is 4.74 Å². The Hall–Kier alpha value is -2.89. The molecule has 0 N–H and O–H groups in total. The van der Waals surface area contributed by atoms with E-state index < -0.39 is 38.4 Å². The van der Waals surface area contributed by atoms with E-state index in [1.165, 1.54) is 13.2 Å². The van der Waals surface area contributed by atoms with Crippen molar-refractivity contribution in [1.82, 2.24) is 4.98 Å². The minimum Gasteiger partial charge on any atom is -0.497 e. The Bertz CT molecular complexity index is 1210. The van der Waals surface area contributed by atoms with Crippen LogP contribution in [0.3, 0.4) is 0 Å². The number of hydrogen-bond donors (Lipinski definition) is 0. The number of methoxy groups -OCH3 is 1. The largest absolute Gasteiger partial charge is 0.497 e. The zero-order valence-corrected chi connectivity index (χ0v) is 23.8. The summed E-state index contributed by atoms with van der Waals surface area (Å²) in [5, 5.41) is 0. The standard InChI is InChI=1S/C29H33F6NO3Si/c1-37-25-11-8-23(9-12-25)26-19-24(10-7-22(26)6-5-21-13-15-36-16-14-21)27(28(30,31)32,29(33,34)35)39-20-38-17-18-40(2,3)4/h7-16,19H,5-6,17-18,20H2,1-4H3. The molecule has 40 heavy (non-hydrogen) atoms. The summed E-state index contributed by atoms with van der Waals surface area (Å²) >= 11 is 0. The van der Waals surface area contributed by atoms with Crippen LogP contribution in [0.1, 0.15) is 16.7 Å². The Morgan fingerprint density at radius 2 is 1.43 bits per heavy atom. The number of nitrogens with zero attached hydrogens (tertiary/aromatic N) is 1. The van der Waals surface area contributed by atoms with Crippen LogP contribution in [-0.4, -0.2) is 45.9 Å². The van der Waals surface area contributed by atoms with Crippen LogP contribution in [-0.2, 0) is 27.9 Å². The fourth-order valence-electron chi connectivity index (χ4n) is 4.18. The zero-order valence-electron chi connectivity index (χ0n) is 22.8. The maximum absolute atomic E-state index is 14.4. The normalized spacial score (nSPS) is 12.9. The number of aryl methyl sites for hydroxylation is 2. The molecule has 4 nitrogen and oxygen atoms in total. The second kappa shape index (κ2) is 12.7. The molecule has 0 amide bonds. The minimum atomic E-state index is -5.82. The lowest BCUT2D eigenvalue weighted by Crippen LogP contribution is -2.56. The molecule has 0 radical (unpaired) electrons. The predicted octanol–water partition coefficient (Wildman–Crippen LogP) is 8.19. The summed E-state index contributed by atoms with van der Waals surface area (Å²) in [5.41, 5.74) is -3.47. The van der Waals surface area contributed by atoms with Crippen molar-refractivity contribution in [2.75, 3.05) is 20.5 Å². The smallest absolute Gasteiger partial charge is 0.430 e. The van der Waals surface area contributed by atoms with Crippen molar-refractivity contribution in [1.29, 1.82) is 0 Å². The molecular weight excluding hydrogens is 552 g/mol. The highest BCUT2D eigenvalue weighted by Crippen LogP contribution is 2.53. The first-order chi connectivity index (χ1) is 18.7. The van der Waals surface area contributed by atoms with Crippen molar-refractivity contribution in [3.63, 3.8) is 0 Å². The number of ether oxygens (including phenoxy) is 3. The van der Waals surface area contributed by atoms with Gasteiger partial charge in [-0.1, -0.05) is 43.9 Å². The van der Waals surface area contributed by atoms with Crippen LogP contribution in [0.15, 0.2) is 67.0 Å². The number of rotatable bonds is 12. The van der Waals surface area contributed by atoms with Gasteiger partial charge < -0.3 is 14.2 Å². The van der Waals surface area contributed by atoms with E-state index in [0.717, 1.165) is 17.7 Å². The number of pyridine rings is 1. The molecule has 3 rings (SSSR count). The SMILES string of the molecule is COc1ccc(-c2cc(C(OCOCC[Si](C)(C)C)(C(F)(F)F)C(F)(F)F)ccc2CCc2ccncc2)cc1. The Morgan fingerprint density at radius 1 is 0.800 bits per heavy atom. The quantitative estimate of drug-likeness (QED) is 0.0930. The third-order valence-corrected chi connectivity index (χ3v) is 8.21.